The minimum absolute atomic E-state index is 0.923. The number of benzene rings is 1. The van der Waals surface area contributed by atoms with Crippen LogP contribution in [-0.2, 0) is 11.8 Å². The molecule has 0 amide bonds. The molecule has 0 bridgehead atoms. The van der Waals surface area contributed by atoms with E-state index in [9.17, 15) is 4.79 Å². The molecule has 94 valence electrons. The summed E-state index contributed by atoms with van der Waals surface area (Å²) in [7, 11) is 1.98. The average molecular weight is 243 g/mol. The van der Waals surface area contributed by atoms with E-state index in [1.54, 1.807) is 6.08 Å². The molecule has 0 spiro atoms. The monoisotopic (exact) mass is 243 g/mol. The molecular weight excluding hydrogens is 226 g/mol. The first-order valence-corrected chi connectivity index (χ1v) is 5.89. The Bertz CT molecular complexity index is 618. The minimum atomic E-state index is -0.923. The van der Waals surface area contributed by atoms with E-state index in [4.69, 9.17) is 5.11 Å². The Balaban J connectivity index is 2.81. The zero-order valence-corrected chi connectivity index (χ0v) is 11.1. The molecule has 1 heterocycles. The molecule has 0 aliphatic rings. The van der Waals surface area contributed by atoms with Crippen LogP contribution in [0.3, 0.4) is 0 Å². The van der Waals surface area contributed by atoms with Gasteiger partial charge >= 0.3 is 5.97 Å². The normalized spacial score (nSPS) is 11.6. The van der Waals surface area contributed by atoms with Crippen molar-refractivity contribution in [1.82, 2.24) is 4.57 Å². The van der Waals surface area contributed by atoms with Crippen molar-refractivity contribution in [3.8, 4) is 0 Å². The van der Waals surface area contributed by atoms with Crippen molar-refractivity contribution in [2.24, 2.45) is 7.05 Å². The van der Waals surface area contributed by atoms with E-state index in [-0.39, 0.29) is 0 Å². The highest BCUT2D eigenvalue weighted by atomic mass is 16.4. The number of aliphatic carboxylic acids is 1. The van der Waals surface area contributed by atoms with Gasteiger partial charge in [0.2, 0.25) is 0 Å². The van der Waals surface area contributed by atoms with Crippen LogP contribution in [-0.4, -0.2) is 15.6 Å². The van der Waals surface area contributed by atoms with Crippen LogP contribution in [0.4, 0.5) is 0 Å². The molecule has 0 saturated heterocycles. The number of rotatable bonds is 2. The highest BCUT2D eigenvalue weighted by Crippen LogP contribution is 2.30. The highest BCUT2D eigenvalue weighted by Gasteiger charge is 2.13. The third kappa shape index (κ3) is 1.82. The summed E-state index contributed by atoms with van der Waals surface area (Å²) in [6, 6.07) is 4.21. The minimum Gasteiger partial charge on any atom is -0.478 e. The molecule has 1 N–H and O–H groups in total. The first-order chi connectivity index (χ1) is 8.43. The van der Waals surface area contributed by atoms with Gasteiger partial charge in [0, 0.05) is 24.2 Å². The fourth-order valence-corrected chi connectivity index (χ4v) is 2.59. The predicted octanol–water partition coefficient (Wildman–Crippen LogP) is 3.20. The number of nitrogens with zero attached hydrogens (tertiary/aromatic N) is 1. The number of carbonyl (C=O) groups is 1. The van der Waals surface area contributed by atoms with E-state index in [1.807, 2.05) is 14.0 Å². The van der Waals surface area contributed by atoms with Crippen LogP contribution in [0, 0.1) is 20.8 Å². The fourth-order valence-electron chi connectivity index (χ4n) is 2.59. The van der Waals surface area contributed by atoms with Crippen molar-refractivity contribution in [3.63, 3.8) is 0 Å². The van der Waals surface area contributed by atoms with Gasteiger partial charge in [0.25, 0.3) is 0 Å². The summed E-state index contributed by atoms with van der Waals surface area (Å²) in [5, 5.41) is 9.97. The molecule has 2 rings (SSSR count). The Morgan fingerprint density at radius 2 is 1.83 bits per heavy atom. The summed E-state index contributed by atoms with van der Waals surface area (Å²) in [6.45, 7) is 6.20. The number of aromatic nitrogens is 1. The zero-order chi connectivity index (χ0) is 13.4. The molecule has 18 heavy (non-hydrogen) atoms. The van der Waals surface area contributed by atoms with E-state index in [0.717, 1.165) is 11.3 Å². The molecule has 3 heteroatoms. The van der Waals surface area contributed by atoms with Crippen molar-refractivity contribution in [1.29, 1.82) is 0 Å². The van der Waals surface area contributed by atoms with Crippen LogP contribution >= 0.6 is 0 Å². The van der Waals surface area contributed by atoms with Gasteiger partial charge in [0.1, 0.15) is 0 Å². The Hall–Kier alpha value is -2.03. The largest absolute Gasteiger partial charge is 0.478 e. The molecule has 0 aliphatic carbocycles. The van der Waals surface area contributed by atoms with Gasteiger partial charge in [0.05, 0.1) is 5.52 Å². The maximum Gasteiger partial charge on any atom is 0.328 e. The van der Waals surface area contributed by atoms with Crippen molar-refractivity contribution >= 4 is 22.9 Å². The van der Waals surface area contributed by atoms with E-state index in [2.05, 4.69) is 30.5 Å². The van der Waals surface area contributed by atoms with Crippen LogP contribution in [0.15, 0.2) is 18.2 Å². The summed E-state index contributed by atoms with van der Waals surface area (Å²) in [4.78, 5) is 10.6. The van der Waals surface area contributed by atoms with Gasteiger partial charge in [0.15, 0.2) is 0 Å². The lowest BCUT2D eigenvalue weighted by molar-refractivity contribution is -0.131. The Morgan fingerprint density at radius 1 is 1.22 bits per heavy atom. The first kappa shape index (κ1) is 12.4. The molecule has 1 aromatic carbocycles. The maximum atomic E-state index is 10.6. The van der Waals surface area contributed by atoms with Crippen LogP contribution in [0.25, 0.3) is 17.0 Å². The third-order valence-electron chi connectivity index (χ3n) is 3.43. The lowest BCUT2D eigenvalue weighted by Gasteiger charge is -2.04. The molecule has 3 nitrogen and oxygen atoms in total. The maximum absolute atomic E-state index is 10.6. The van der Waals surface area contributed by atoms with Crippen molar-refractivity contribution in [3.05, 3.63) is 40.6 Å². The summed E-state index contributed by atoms with van der Waals surface area (Å²) < 4.78 is 2.06. The summed E-state index contributed by atoms with van der Waals surface area (Å²) >= 11 is 0. The van der Waals surface area contributed by atoms with Crippen molar-refractivity contribution in [2.45, 2.75) is 20.8 Å². The Labute approximate surface area is 106 Å². The summed E-state index contributed by atoms with van der Waals surface area (Å²) in [5.41, 5.74) is 5.68. The van der Waals surface area contributed by atoms with Crippen LogP contribution in [0.1, 0.15) is 22.4 Å². The molecular formula is C15H17NO2. The van der Waals surface area contributed by atoms with Gasteiger partial charge in [-0.1, -0.05) is 12.1 Å². The number of fused-ring (bicyclic) bond motifs is 1. The van der Waals surface area contributed by atoms with Gasteiger partial charge in [-0.15, -0.1) is 0 Å². The topological polar surface area (TPSA) is 42.2 Å². The number of hydrogen-bond acceptors (Lipinski definition) is 1. The molecule has 0 radical (unpaired) electrons. The predicted molar refractivity (Wildman–Crippen MR) is 73.8 cm³/mol. The molecule has 0 atom stereocenters. The first-order valence-electron chi connectivity index (χ1n) is 5.89. The van der Waals surface area contributed by atoms with Crippen molar-refractivity contribution < 1.29 is 9.90 Å². The Kier molecular flexibility index (Phi) is 2.99. The molecule has 0 aliphatic heterocycles. The van der Waals surface area contributed by atoms with Crippen LogP contribution in [0.5, 0.6) is 0 Å². The summed E-state index contributed by atoms with van der Waals surface area (Å²) in [6.07, 6.45) is 2.85. The second kappa shape index (κ2) is 4.33. The Morgan fingerprint density at radius 3 is 2.39 bits per heavy atom. The van der Waals surface area contributed by atoms with Gasteiger partial charge in [-0.2, -0.15) is 0 Å². The number of hydrogen-bond donors (Lipinski definition) is 1. The molecule has 0 fully saturated rings. The van der Waals surface area contributed by atoms with E-state index < -0.39 is 5.97 Å². The number of aryl methyl sites for hydroxylation is 4. The van der Waals surface area contributed by atoms with E-state index in [0.29, 0.717) is 0 Å². The molecule has 2 aromatic rings. The second-order valence-electron chi connectivity index (χ2n) is 4.66. The highest BCUT2D eigenvalue weighted by molar-refractivity contribution is 5.94. The summed E-state index contributed by atoms with van der Waals surface area (Å²) in [5.74, 6) is -0.923. The zero-order valence-electron chi connectivity index (χ0n) is 11.1. The molecule has 0 saturated carbocycles. The fraction of sp³-hybridized carbons (Fsp3) is 0.267. The number of carboxylic acid groups (broad SMARTS) is 1. The van der Waals surface area contributed by atoms with Crippen LogP contribution < -0.4 is 0 Å². The standard InChI is InChI=1S/C15H17NO2/c1-9-5-6-10(2)15-14(9)11(3)12(16(15)4)7-8-13(17)18/h5-8H,1-4H3,(H,17,18)/b8-7+. The average Bonchev–Trinajstić information content (AvgIpc) is 2.55. The van der Waals surface area contributed by atoms with Gasteiger partial charge < -0.3 is 9.67 Å². The van der Waals surface area contributed by atoms with Gasteiger partial charge in [-0.25, -0.2) is 4.79 Å². The second-order valence-corrected chi connectivity index (χ2v) is 4.66. The van der Waals surface area contributed by atoms with Gasteiger partial charge in [-0.05, 0) is 43.5 Å². The number of carboxylic acids is 1. The molecule has 1 aromatic heterocycles. The smallest absolute Gasteiger partial charge is 0.328 e. The SMILES string of the molecule is Cc1ccc(C)c2c1c(C)c(/C=C/C(=O)O)n2C. The van der Waals surface area contributed by atoms with Gasteiger partial charge in [-0.3, -0.25) is 0 Å². The van der Waals surface area contributed by atoms with E-state index >= 15 is 0 Å². The van der Waals surface area contributed by atoms with Crippen molar-refractivity contribution in [2.75, 3.05) is 0 Å². The van der Waals surface area contributed by atoms with Crippen LogP contribution in [0.2, 0.25) is 0 Å². The lowest BCUT2D eigenvalue weighted by Crippen LogP contribution is -1.94. The quantitative estimate of drug-likeness (QED) is 0.823. The third-order valence-corrected chi connectivity index (χ3v) is 3.43. The van der Waals surface area contributed by atoms with E-state index in [1.165, 1.54) is 28.1 Å². The lowest BCUT2D eigenvalue weighted by atomic mass is 10.0. The molecule has 0 unspecified atom stereocenters.